The Bertz CT molecular complexity index is 238. The number of carbonyl (C=O) groups is 1. The van der Waals surface area contributed by atoms with Gasteiger partial charge in [-0.15, -0.1) is 0 Å². The number of aliphatic carboxylic acids is 1. The summed E-state index contributed by atoms with van der Waals surface area (Å²) in [6, 6.07) is 0. The van der Waals surface area contributed by atoms with Crippen LogP contribution in [0.2, 0.25) is 0 Å². The first-order valence-electron chi connectivity index (χ1n) is 2.58. The zero-order valence-electron chi connectivity index (χ0n) is 5.02. The molecule has 0 aliphatic rings. The van der Waals surface area contributed by atoms with Crippen LogP contribution in [-0.4, -0.2) is 16.1 Å². The van der Waals surface area contributed by atoms with E-state index in [1.54, 1.807) is 0 Å². The van der Waals surface area contributed by atoms with Crippen molar-refractivity contribution in [3.8, 4) is 0 Å². The average molecular weight is 139 g/mol. The molecule has 0 spiro atoms. The van der Waals surface area contributed by atoms with Crippen LogP contribution in [0.4, 0.5) is 0 Å². The van der Waals surface area contributed by atoms with Gasteiger partial charge >= 0.3 is 5.97 Å². The van der Waals surface area contributed by atoms with Gasteiger partial charge in [-0.1, -0.05) is 0 Å². The molecular formula is C6H5NO3. The predicted octanol–water partition coefficient (Wildman–Crippen LogP) is 0.772. The Balaban J connectivity index is 2.64. The van der Waals surface area contributed by atoms with E-state index >= 15 is 0 Å². The minimum Gasteiger partial charge on any atom is -0.478 e. The Morgan fingerprint density at radius 3 is 3.10 bits per heavy atom. The number of nitrogens with zero attached hydrogens (tertiary/aromatic N) is 1. The van der Waals surface area contributed by atoms with Gasteiger partial charge in [0.25, 0.3) is 0 Å². The first kappa shape index (κ1) is 6.54. The number of rotatable bonds is 2. The molecule has 0 saturated heterocycles. The average Bonchev–Trinajstić information content (AvgIpc) is 2.34. The zero-order valence-corrected chi connectivity index (χ0v) is 5.02. The van der Waals surface area contributed by atoms with Crippen LogP contribution < -0.4 is 0 Å². The lowest BCUT2D eigenvalue weighted by atomic mass is 10.4. The molecule has 0 amide bonds. The lowest BCUT2D eigenvalue weighted by molar-refractivity contribution is -0.131. The number of hydrogen-bond acceptors (Lipinski definition) is 3. The van der Waals surface area contributed by atoms with Gasteiger partial charge in [-0.05, 0) is 6.08 Å². The molecule has 1 aromatic rings. The van der Waals surface area contributed by atoms with Crippen molar-refractivity contribution in [1.29, 1.82) is 0 Å². The summed E-state index contributed by atoms with van der Waals surface area (Å²) in [7, 11) is 0. The fourth-order valence-corrected chi connectivity index (χ4v) is 0.461. The standard InChI is InChI=1S/C6H5NO3/c8-6(9)2-1-5-3-10-4-7-5/h1-4H,(H,8,9). The summed E-state index contributed by atoms with van der Waals surface area (Å²) in [6.45, 7) is 0. The molecule has 4 heteroatoms. The van der Waals surface area contributed by atoms with E-state index < -0.39 is 5.97 Å². The second-order valence-electron chi connectivity index (χ2n) is 1.58. The lowest BCUT2D eigenvalue weighted by Gasteiger charge is -1.76. The van der Waals surface area contributed by atoms with E-state index in [2.05, 4.69) is 9.40 Å². The van der Waals surface area contributed by atoms with Crippen LogP contribution in [0.15, 0.2) is 23.1 Å². The van der Waals surface area contributed by atoms with Gasteiger partial charge in [0, 0.05) is 6.08 Å². The summed E-state index contributed by atoms with van der Waals surface area (Å²) >= 11 is 0. The number of hydrogen-bond donors (Lipinski definition) is 1. The highest BCUT2D eigenvalue weighted by molar-refractivity contribution is 5.84. The fraction of sp³-hybridized carbons (Fsp3) is 0. The molecule has 0 atom stereocenters. The summed E-state index contributed by atoms with van der Waals surface area (Å²) in [5.74, 6) is -0.997. The smallest absolute Gasteiger partial charge is 0.328 e. The molecule has 0 aromatic carbocycles. The van der Waals surface area contributed by atoms with Crippen molar-refractivity contribution in [1.82, 2.24) is 4.98 Å². The molecular weight excluding hydrogens is 134 g/mol. The summed E-state index contributed by atoms with van der Waals surface area (Å²) in [4.78, 5) is 13.6. The molecule has 1 aromatic heterocycles. The third-order valence-electron chi connectivity index (χ3n) is 0.848. The number of aromatic nitrogens is 1. The molecule has 52 valence electrons. The first-order chi connectivity index (χ1) is 4.79. The summed E-state index contributed by atoms with van der Waals surface area (Å²) in [5, 5.41) is 8.17. The third-order valence-corrected chi connectivity index (χ3v) is 0.848. The molecule has 1 rings (SSSR count). The van der Waals surface area contributed by atoms with Crippen molar-refractivity contribution in [3.63, 3.8) is 0 Å². The van der Waals surface area contributed by atoms with Crippen LogP contribution >= 0.6 is 0 Å². The van der Waals surface area contributed by atoms with Gasteiger partial charge in [-0.25, -0.2) is 9.78 Å². The summed E-state index contributed by atoms with van der Waals surface area (Å²) < 4.78 is 4.59. The van der Waals surface area contributed by atoms with E-state index in [9.17, 15) is 4.79 Å². The molecule has 0 saturated carbocycles. The maximum absolute atomic E-state index is 9.95. The monoisotopic (exact) mass is 139 g/mol. The molecule has 0 fully saturated rings. The Hall–Kier alpha value is -1.58. The van der Waals surface area contributed by atoms with Crippen molar-refractivity contribution >= 4 is 12.0 Å². The van der Waals surface area contributed by atoms with Crippen LogP contribution in [0.1, 0.15) is 5.69 Å². The maximum atomic E-state index is 9.95. The molecule has 1 N–H and O–H groups in total. The van der Waals surface area contributed by atoms with Crippen LogP contribution in [-0.2, 0) is 4.79 Å². The van der Waals surface area contributed by atoms with Crippen LogP contribution in [0.5, 0.6) is 0 Å². The zero-order chi connectivity index (χ0) is 7.40. The molecule has 0 unspecified atom stereocenters. The number of carboxylic acid groups (broad SMARTS) is 1. The Morgan fingerprint density at radius 1 is 1.80 bits per heavy atom. The Labute approximate surface area is 56.8 Å². The van der Waals surface area contributed by atoms with Gasteiger partial charge < -0.3 is 9.52 Å². The van der Waals surface area contributed by atoms with E-state index in [-0.39, 0.29) is 0 Å². The maximum Gasteiger partial charge on any atom is 0.328 e. The van der Waals surface area contributed by atoms with Crippen molar-refractivity contribution < 1.29 is 14.3 Å². The normalized spacial score (nSPS) is 10.4. The minimum absolute atomic E-state index is 0.502. The van der Waals surface area contributed by atoms with Crippen molar-refractivity contribution in [3.05, 3.63) is 24.4 Å². The SMILES string of the molecule is O=C(O)C=Cc1cocn1. The molecule has 0 bridgehead atoms. The van der Waals surface area contributed by atoms with E-state index in [4.69, 9.17) is 5.11 Å². The van der Waals surface area contributed by atoms with Crippen LogP contribution in [0.3, 0.4) is 0 Å². The van der Waals surface area contributed by atoms with Crippen molar-refractivity contribution in [2.45, 2.75) is 0 Å². The molecule has 10 heavy (non-hydrogen) atoms. The second kappa shape index (κ2) is 2.82. The third kappa shape index (κ3) is 1.74. The minimum atomic E-state index is -0.997. The molecule has 0 aliphatic carbocycles. The van der Waals surface area contributed by atoms with Gasteiger partial charge in [0.15, 0.2) is 6.39 Å². The largest absolute Gasteiger partial charge is 0.478 e. The van der Waals surface area contributed by atoms with E-state index in [1.165, 1.54) is 18.7 Å². The first-order valence-corrected chi connectivity index (χ1v) is 2.58. The van der Waals surface area contributed by atoms with Crippen LogP contribution in [0.25, 0.3) is 6.08 Å². The number of carboxylic acids is 1. The van der Waals surface area contributed by atoms with Crippen molar-refractivity contribution in [2.24, 2.45) is 0 Å². The van der Waals surface area contributed by atoms with Gasteiger partial charge in [0.1, 0.15) is 12.0 Å². The molecule has 4 nitrogen and oxygen atoms in total. The predicted molar refractivity (Wildman–Crippen MR) is 33.2 cm³/mol. The van der Waals surface area contributed by atoms with Crippen molar-refractivity contribution in [2.75, 3.05) is 0 Å². The van der Waals surface area contributed by atoms with Gasteiger partial charge in [0.2, 0.25) is 0 Å². The number of oxazole rings is 1. The summed E-state index contributed by atoms with van der Waals surface area (Å²) in [5.41, 5.74) is 0.502. The highest BCUT2D eigenvalue weighted by atomic mass is 16.4. The summed E-state index contributed by atoms with van der Waals surface area (Å²) in [6.07, 6.45) is 4.95. The Morgan fingerprint density at radius 2 is 2.60 bits per heavy atom. The van der Waals surface area contributed by atoms with E-state index in [0.29, 0.717) is 5.69 Å². The van der Waals surface area contributed by atoms with Gasteiger partial charge in [-0.3, -0.25) is 0 Å². The van der Waals surface area contributed by atoms with Crippen LogP contribution in [0, 0.1) is 0 Å². The molecule has 1 heterocycles. The van der Waals surface area contributed by atoms with E-state index in [0.717, 1.165) is 6.08 Å². The molecule has 0 aliphatic heterocycles. The van der Waals surface area contributed by atoms with E-state index in [1.807, 2.05) is 0 Å². The topological polar surface area (TPSA) is 63.3 Å². The molecule has 0 radical (unpaired) electrons. The fourth-order valence-electron chi connectivity index (χ4n) is 0.461. The second-order valence-corrected chi connectivity index (χ2v) is 1.58. The Kier molecular flexibility index (Phi) is 1.84. The van der Waals surface area contributed by atoms with Gasteiger partial charge in [0.05, 0.1) is 0 Å². The lowest BCUT2D eigenvalue weighted by Crippen LogP contribution is -1.85. The highest BCUT2D eigenvalue weighted by Crippen LogP contribution is 1.95. The quantitative estimate of drug-likeness (QED) is 0.614. The highest BCUT2D eigenvalue weighted by Gasteiger charge is 1.89. The van der Waals surface area contributed by atoms with Gasteiger partial charge in [-0.2, -0.15) is 0 Å².